The van der Waals surface area contributed by atoms with Crippen LogP contribution in [-0.2, 0) is 14.3 Å². The van der Waals surface area contributed by atoms with Gasteiger partial charge in [0.1, 0.15) is 0 Å². The molecule has 3 rings (SSSR count). The number of esters is 1. The first kappa shape index (κ1) is 17.1. The fraction of sp³-hybridized carbons (Fsp3) is 0.500. The van der Waals surface area contributed by atoms with Gasteiger partial charge in [0.15, 0.2) is 0 Å². The van der Waals surface area contributed by atoms with Crippen LogP contribution in [0.4, 0.5) is 0 Å². The van der Waals surface area contributed by atoms with E-state index in [1.54, 1.807) is 0 Å². The molecule has 1 saturated carbocycles. The minimum Gasteiger partial charge on any atom is -0.462 e. The predicted molar refractivity (Wildman–Crippen MR) is 96.6 cm³/mol. The highest BCUT2D eigenvalue weighted by Crippen LogP contribution is 2.42. The Hall–Kier alpha value is -0.780. The van der Waals surface area contributed by atoms with Gasteiger partial charge in [-0.1, -0.05) is 12.1 Å². The summed E-state index contributed by atoms with van der Waals surface area (Å²) in [5.74, 6) is 0.0302. The summed E-state index contributed by atoms with van der Waals surface area (Å²) < 4.78 is 11.7. The molecule has 1 unspecified atom stereocenters. The Morgan fingerprint density at radius 3 is 2.87 bits per heavy atom. The van der Waals surface area contributed by atoms with Gasteiger partial charge in [0.25, 0.3) is 0 Å². The average Bonchev–Trinajstić information content (AvgIpc) is 3.20. The van der Waals surface area contributed by atoms with Crippen LogP contribution in [0.3, 0.4) is 0 Å². The second-order valence-corrected chi connectivity index (χ2v) is 8.08. The fourth-order valence-electron chi connectivity index (χ4n) is 2.54. The molecule has 3 nitrogen and oxygen atoms in total. The summed E-state index contributed by atoms with van der Waals surface area (Å²) in [5.41, 5.74) is 1.55. The van der Waals surface area contributed by atoms with E-state index in [-0.39, 0.29) is 11.9 Å². The van der Waals surface area contributed by atoms with Crippen molar-refractivity contribution in [2.24, 2.45) is 5.92 Å². The summed E-state index contributed by atoms with van der Waals surface area (Å²) in [7, 11) is 0. The highest BCUT2D eigenvalue weighted by atomic mass is 79.9. The second-order valence-electron chi connectivity index (χ2n) is 5.89. The molecule has 2 fully saturated rings. The van der Waals surface area contributed by atoms with Crippen LogP contribution in [0.2, 0.25) is 0 Å². The number of carbonyl (C=O) groups excluding carboxylic acids is 1. The van der Waals surface area contributed by atoms with Gasteiger partial charge in [0, 0.05) is 27.1 Å². The molecule has 0 radical (unpaired) electrons. The van der Waals surface area contributed by atoms with E-state index >= 15 is 0 Å². The normalized spacial score (nSPS) is 21.5. The Morgan fingerprint density at radius 1 is 1.43 bits per heavy atom. The van der Waals surface area contributed by atoms with E-state index in [0.717, 1.165) is 28.3 Å². The van der Waals surface area contributed by atoms with E-state index in [4.69, 9.17) is 9.47 Å². The van der Waals surface area contributed by atoms with Crippen molar-refractivity contribution in [3.05, 3.63) is 34.3 Å². The van der Waals surface area contributed by atoms with Crippen LogP contribution in [0.5, 0.6) is 0 Å². The highest BCUT2D eigenvalue weighted by molar-refractivity contribution is 9.10. The van der Waals surface area contributed by atoms with Crippen LogP contribution in [0, 0.1) is 5.92 Å². The summed E-state index contributed by atoms with van der Waals surface area (Å²) in [6.45, 7) is 3.66. The number of rotatable bonds is 6. The molecule has 1 aromatic rings. The first-order valence-electron chi connectivity index (χ1n) is 8.10. The number of halogens is 1. The molecule has 0 aromatic heterocycles. The van der Waals surface area contributed by atoms with Gasteiger partial charge >= 0.3 is 5.97 Å². The van der Waals surface area contributed by atoms with Crippen molar-refractivity contribution in [1.29, 1.82) is 0 Å². The van der Waals surface area contributed by atoms with Crippen molar-refractivity contribution < 1.29 is 14.3 Å². The van der Waals surface area contributed by atoms with Crippen LogP contribution in [0.15, 0.2) is 33.6 Å². The fourth-order valence-corrected chi connectivity index (χ4v) is 4.25. The van der Waals surface area contributed by atoms with E-state index in [0.29, 0.717) is 18.8 Å². The van der Waals surface area contributed by atoms with Crippen molar-refractivity contribution in [3.8, 4) is 0 Å². The molecule has 5 heteroatoms. The molecular weight excluding hydrogens is 376 g/mol. The lowest BCUT2D eigenvalue weighted by atomic mass is 9.99. The zero-order valence-electron chi connectivity index (χ0n) is 13.2. The molecule has 1 atom stereocenters. The van der Waals surface area contributed by atoms with E-state index < -0.39 is 0 Å². The molecule has 0 N–H and O–H groups in total. The number of benzene rings is 1. The Morgan fingerprint density at radius 2 is 2.26 bits per heavy atom. The summed E-state index contributed by atoms with van der Waals surface area (Å²) in [6.07, 6.45) is 5.57. The van der Waals surface area contributed by atoms with E-state index in [1.165, 1.54) is 17.7 Å². The highest BCUT2D eigenvalue weighted by Gasteiger charge is 2.24. The number of ether oxygens (including phenoxy) is 2. The van der Waals surface area contributed by atoms with Gasteiger partial charge < -0.3 is 9.47 Å². The lowest BCUT2D eigenvalue weighted by Gasteiger charge is -2.12. The monoisotopic (exact) mass is 396 g/mol. The zero-order chi connectivity index (χ0) is 16.2. The van der Waals surface area contributed by atoms with E-state index in [9.17, 15) is 4.79 Å². The predicted octanol–water partition coefficient (Wildman–Crippen LogP) is 4.69. The molecular formula is C18H21BrO3S. The van der Waals surface area contributed by atoms with Gasteiger partial charge in [-0.3, -0.25) is 0 Å². The van der Waals surface area contributed by atoms with Crippen molar-refractivity contribution in [2.75, 3.05) is 19.8 Å². The van der Waals surface area contributed by atoms with Crippen molar-refractivity contribution >= 4 is 39.2 Å². The first-order valence-corrected chi connectivity index (χ1v) is 9.78. The van der Waals surface area contributed by atoms with Gasteiger partial charge in [0.05, 0.1) is 18.8 Å². The van der Waals surface area contributed by atoms with Crippen LogP contribution in [-0.4, -0.2) is 31.0 Å². The largest absolute Gasteiger partial charge is 0.462 e. The molecule has 2 aliphatic rings. The molecule has 23 heavy (non-hydrogen) atoms. The molecule has 1 aliphatic carbocycles. The Balaban J connectivity index is 1.85. The third kappa shape index (κ3) is 4.61. The smallest absolute Gasteiger partial charge is 0.338 e. The maximum absolute atomic E-state index is 12.4. The lowest BCUT2D eigenvalue weighted by molar-refractivity contribution is -0.136. The van der Waals surface area contributed by atoms with Gasteiger partial charge in [-0.25, -0.2) is 4.79 Å². The molecule has 1 heterocycles. The molecule has 1 aliphatic heterocycles. The summed E-state index contributed by atoms with van der Waals surface area (Å²) >= 11 is 5.55. The molecule has 124 valence electrons. The summed E-state index contributed by atoms with van der Waals surface area (Å²) in [6, 6.07) is 6.15. The van der Waals surface area contributed by atoms with Gasteiger partial charge in [-0.2, -0.15) is 0 Å². The van der Waals surface area contributed by atoms with Gasteiger partial charge in [0.2, 0.25) is 0 Å². The second kappa shape index (κ2) is 7.86. The van der Waals surface area contributed by atoms with Gasteiger partial charge in [-0.05, 0) is 59.8 Å². The third-order valence-electron chi connectivity index (χ3n) is 3.92. The average molecular weight is 397 g/mol. The lowest BCUT2D eigenvalue weighted by Crippen LogP contribution is -2.09. The molecule has 1 aromatic carbocycles. The molecule has 1 saturated heterocycles. The third-order valence-corrected chi connectivity index (χ3v) is 6.26. The van der Waals surface area contributed by atoms with E-state index in [1.807, 2.05) is 36.9 Å². The minimum atomic E-state index is -0.256. The van der Waals surface area contributed by atoms with Crippen molar-refractivity contribution in [1.82, 2.24) is 0 Å². The quantitative estimate of drug-likeness (QED) is 0.516. The standard InChI is InChI=1S/C18H21BrO3S/c1-2-22-18(20)15(9-12-7-8-21-11-12)13-3-6-17(16(19)10-13)23-14-4-5-14/h3,6,9-10,12,14H,2,4-5,7-8,11H2,1H3/b15-9+. The number of carbonyl (C=O) groups is 1. The molecule has 0 bridgehead atoms. The number of hydrogen-bond acceptors (Lipinski definition) is 4. The topological polar surface area (TPSA) is 35.5 Å². The van der Waals surface area contributed by atoms with Gasteiger partial charge in [-0.15, -0.1) is 11.8 Å². The number of hydrogen-bond donors (Lipinski definition) is 0. The minimum absolute atomic E-state index is 0.256. The number of thioether (sulfide) groups is 1. The summed E-state index contributed by atoms with van der Waals surface area (Å²) in [4.78, 5) is 13.6. The Bertz CT molecular complexity index is 604. The van der Waals surface area contributed by atoms with Crippen LogP contribution < -0.4 is 0 Å². The van der Waals surface area contributed by atoms with Crippen molar-refractivity contribution in [2.45, 2.75) is 36.3 Å². The van der Waals surface area contributed by atoms with Crippen molar-refractivity contribution in [3.63, 3.8) is 0 Å². The molecule has 0 amide bonds. The van der Waals surface area contributed by atoms with Crippen LogP contribution in [0.1, 0.15) is 31.7 Å². The Labute approximate surface area is 149 Å². The zero-order valence-corrected chi connectivity index (χ0v) is 15.6. The maximum Gasteiger partial charge on any atom is 0.338 e. The first-order chi connectivity index (χ1) is 11.2. The summed E-state index contributed by atoms with van der Waals surface area (Å²) in [5, 5.41) is 0.757. The Kier molecular flexibility index (Phi) is 5.83. The van der Waals surface area contributed by atoms with Crippen LogP contribution >= 0.6 is 27.7 Å². The molecule has 0 spiro atoms. The van der Waals surface area contributed by atoms with E-state index in [2.05, 4.69) is 22.0 Å². The maximum atomic E-state index is 12.4. The SMILES string of the molecule is CCOC(=O)/C(=C/C1CCOC1)c1ccc(SC2CC2)c(Br)c1. The van der Waals surface area contributed by atoms with Crippen LogP contribution in [0.25, 0.3) is 5.57 Å².